The maximum atomic E-state index is 2.61. The Morgan fingerprint density at radius 2 is 0.792 bits per heavy atom. The van der Waals surface area contributed by atoms with E-state index in [2.05, 4.69) is 207 Å². The molecule has 0 saturated heterocycles. The van der Waals surface area contributed by atoms with Gasteiger partial charge in [0, 0.05) is 22.5 Å². The molecule has 1 heteroatoms. The van der Waals surface area contributed by atoms with Crippen LogP contribution in [0.2, 0.25) is 0 Å². The molecule has 3 aliphatic carbocycles. The minimum atomic E-state index is -0.468. The molecule has 8 aromatic rings. The van der Waals surface area contributed by atoms with Crippen LogP contribution in [-0.4, -0.2) is 0 Å². The monoisotopic (exact) mass is 675 g/mol. The Balaban J connectivity index is 1.32. The maximum Gasteiger partial charge on any atom is 0.0725 e. The molecule has 0 fully saturated rings. The highest BCUT2D eigenvalue weighted by Gasteiger charge is 2.54. The largest absolute Gasteiger partial charge is 0.310 e. The van der Waals surface area contributed by atoms with Gasteiger partial charge in [-0.15, -0.1) is 0 Å². The van der Waals surface area contributed by atoms with Crippen molar-refractivity contribution in [2.45, 2.75) is 24.7 Å². The average molecular weight is 676 g/mol. The number of hydrogen-bond acceptors (Lipinski definition) is 1. The van der Waals surface area contributed by atoms with Gasteiger partial charge < -0.3 is 4.90 Å². The lowest BCUT2D eigenvalue weighted by molar-refractivity contribution is 0.657. The van der Waals surface area contributed by atoms with Gasteiger partial charge >= 0.3 is 0 Å². The Morgan fingerprint density at radius 1 is 0.321 bits per heavy atom. The highest BCUT2D eigenvalue weighted by Crippen LogP contribution is 2.67. The first-order valence-electron chi connectivity index (χ1n) is 18.7. The number of fused-ring (bicyclic) bond motifs is 13. The molecule has 1 nitrogen and oxygen atoms in total. The van der Waals surface area contributed by atoms with Crippen molar-refractivity contribution in [1.29, 1.82) is 0 Å². The van der Waals surface area contributed by atoms with E-state index in [0.29, 0.717) is 0 Å². The number of rotatable bonds is 4. The molecule has 0 aliphatic heterocycles. The maximum absolute atomic E-state index is 2.61. The molecule has 8 aromatic carbocycles. The van der Waals surface area contributed by atoms with E-state index < -0.39 is 5.41 Å². The third-order valence-corrected chi connectivity index (χ3v) is 12.3. The Morgan fingerprint density at radius 3 is 1.40 bits per heavy atom. The molecule has 0 bridgehead atoms. The quantitative estimate of drug-likeness (QED) is 0.179. The number of hydrogen-bond donors (Lipinski definition) is 0. The van der Waals surface area contributed by atoms with E-state index in [4.69, 9.17) is 0 Å². The predicted octanol–water partition coefficient (Wildman–Crippen LogP) is 13.5. The van der Waals surface area contributed by atoms with Crippen molar-refractivity contribution in [3.63, 3.8) is 0 Å². The summed E-state index contributed by atoms with van der Waals surface area (Å²) in [6, 6.07) is 70.0. The van der Waals surface area contributed by atoms with Gasteiger partial charge in [-0.1, -0.05) is 166 Å². The number of nitrogens with zero attached hydrogens (tertiary/aromatic N) is 1. The zero-order valence-electron chi connectivity index (χ0n) is 29.8. The zero-order valence-corrected chi connectivity index (χ0v) is 29.8. The Bertz CT molecular complexity index is 2660. The summed E-state index contributed by atoms with van der Waals surface area (Å²) in [5.74, 6) is 0. The third-order valence-electron chi connectivity index (χ3n) is 12.3. The van der Waals surface area contributed by atoms with E-state index in [1.165, 1.54) is 77.9 Å². The summed E-state index contributed by atoms with van der Waals surface area (Å²) < 4.78 is 0. The van der Waals surface area contributed by atoms with Gasteiger partial charge in [0.05, 0.1) is 5.41 Å². The molecule has 0 unspecified atom stereocenters. The van der Waals surface area contributed by atoms with E-state index in [1.807, 2.05) is 0 Å². The van der Waals surface area contributed by atoms with Gasteiger partial charge in [0.2, 0.25) is 0 Å². The van der Waals surface area contributed by atoms with Crippen molar-refractivity contribution in [2.75, 3.05) is 4.90 Å². The van der Waals surface area contributed by atoms with Crippen LogP contribution in [-0.2, 0) is 10.8 Å². The van der Waals surface area contributed by atoms with Gasteiger partial charge in [-0.3, -0.25) is 0 Å². The second-order valence-corrected chi connectivity index (χ2v) is 15.2. The molecule has 3 aliphatic rings. The molecule has 0 heterocycles. The van der Waals surface area contributed by atoms with E-state index in [9.17, 15) is 0 Å². The fourth-order valence-electron chi connectivity index (χ4n) is 10.1. The van der Waals surface area contributed by atoms with Gasteiger partial charge in [0.1, 0.15) is 0 Å². The van der Waals surface area contributed by atoms with Crippen molar-refractivity contribution in [2.24, 2.45) is 0 Å². The molecule has 0 amide bonds. The Kier molecular flexibility index (Phi) is 6.29. The fraction of sp³-hybridized carbons (Fsp3) is 0.0769. The average Bonchev–Trinajstić information content (AvgIpc) is 3.77. The molecule has 0 saturated carbocycles. The summed E-state index contributed by atoms with van der Waals surface area (Å²) in [5.41, 5.74) is 21.6. The van der Waals surface area contributed by atoms with E-state index in [1.54, 1.807) is 0 Å². The molecular weight excluding hydrogens is 639 g/mol. The van der Waals surface area contributed by atoms with Crippen molar-refractivity contribution < 1.29 is 0 Å². The van der Waals surface area contributed by atoms with Crippen molar-refractivity contribution in [3.05, 3.63) is 221 Å². The summed E-state index contributed by atoms with van der Waals surface area (Å²) in [5, 5.41) is 0. The van der Waals surface area contributed by atoms with Crippen molar-refractivity contribution in [3.8, 4) is 44.5 Å². The lowest BCUT2D eigenvalue weighted by Gasteiger charge is -2.32. The van der Waals surface area contributed by atoms with Crippen LogP contribution < -0.4 is 4.90 Å². The molecule has 250 valence electrons. The summed E-state index contributed by atoms with van der Waals surface area (Å²) in [6.07, 6.45) is 0. The van der Waals surface area contributed by atoms with E-state index in [0.717, 1.165) is 17.1 Å². The van der Waals surface area contributed by atoms with Gasteiger partial charge in [-0.25, -0.2) is 0 Å². The first kappa shape index (κ1) is 30.2. The molecule has 0 radical (unpaired) electrons. The number of para-hydroxylation sites is 2. The van der Waals surface area contributed by atoms with Crippen LogP contribution in [0.1, 0.15) is 47.2 Å². The molecule has 11 rings (SSSR count). The molecule has 53 heavy (non-hydrogen) atoms. The topological polar surface area (TPSA) is 3.24 Å². The molecule has 0 N–H and O–H groups in total. The van der Waals surface area contributed by atoms with Gasteiger partial charge in [0.15, 0.2) is 0 Å². The molecular formula is C52H37N. The minimum Gasteiger partial charge on any atom is -0.310 e. The molecule has 1 spiro atoms. The summed E-state index contributed by atoms with van der Waals surface area (Å²) in [7, 11) is 0. The standard InChI is InChI=1S/C52H37N/c1-51(2)42-27-15-14-26-40(42)49-46(51)33-47-50(48(49)34-18-6-3-7-19-34)41-32-37(53(35-20-8-4-9-21-35)36-22-10-5-11-23-36)30-31-45(41)52(47)43-28-16-12-24-38(43)39-25-13-17-29-44(39)52/h3-33H,1-2H3. The summed E-state index contributed by atoms with van der Waals surface area (Å²) in [4.78, 5) is 2.40. The zero-order chi connectivity index (χ0) is 35.3. The van der Waals surface area contributed by atoms with Crippen LogP contribution >= 0.6 is 0 Å². The van der Waals surface area contributed by atoms with Crippen molar-refractivity contribution in [1.82, 2.24) is 0 Å². The number of benzene rings is 8. The normalized spacial score (nSPS) is 14.5. The first-order valence-corrected chi connectivity index (χ1v) is 18.7. The lowest BCUT2D eigenvalue weighted by Crippen LogP contribution is -2.27. The Hall–Kier alpha value is -6.44. The van der Waals surface area contributed by atoms with Crippen LogP contribution in [0.15, 0.2) is 188 Å². The van der Waals surface area contributed by atoms with Gasteiger partial charge in [0.25, 0.3) is 0 Å². The summed E-state index contributed by atoms with van der Waals surface area (Å²) in [6.45, 7) is 4.83. The van der Waals surface area contributed by atoms with E-state index >= 15 is 0 Å². The minimum absolute atomic E-state index is 0.166. The highest BCUT2D eigenvalue weighted by atomic mass is 15.1. The predicted molar refractivity (Wildman–Crippen MR) is 220 cm³/mol. The van der Waals surface area contributed by atoms with Gasteiger partial charge in [-0.2, -0.15) is 0 Å². The van der Waals surface area contributed by atoms with Gasteiger partial charge in [-0.05, 0) is 114 Å². The van der Waals surface area contributed by atoms with Crippen LogP contribution in [0.25, 0.3) is 44.5 Å². The van der Waals surface area contributed by atoms with Crippen LogP contribution in [0.3, 0.4) is 0 Å². The first-order chi connectivity index (χ1) is 26.1. The number of anilines is 3. The SMILES string of the molecule is CC1(C)c2ccccc2-c2c1cc1c(c2-c2ccccc2)-c2cc(N(c3ccccc3)c3ccccc3)ccc2C12c1ccccc1-c1ccccc12. The van der Waals surface area contributed by atoms with Crippen LogP contribution in [0, 0.1) is 0 Å². The summed E-state index contributed by atoms with van der Waals surface area (Å²) >= 11 is 0. The molecule has 0 aromatic heterocycles. The Labute approximate surface area is 311 Å². The van der Waals surface area contributed by atoms with Crippen LogP contribution in [0.4, 0.5) is 17.1 Å². The fourth-order valence-corrected chi connectivity index (χ4v) is 10.1. The lowest BCUT2D eigenvalue weighted by atomic mass is 9.69. The smallest absolute Gasteiger partial charge is 0.0725 e. The van der Waals surface area contributed by atoms with Crippen LogP contribution in [0.5, 0.6) is 0 Å². The van der Waals surface area contributed by atoms with Crippen molar-refractivity contribution >= 4 is 17.1 Å². The third kappa shape index (κ3) is 3.97. The molecule has 0 atom stereocenters. The van der Waals surface area contributed by atoms with E-state index in [-0.39, 0.29) is 5.41 Å². The highest BCUT2D eigenvalue weighted by molar-refractivity contribution is 6.07. The second-order valence-electron chi connectivity index (χ2n) is 15.2. The second kappa shape index (κ2) is 11.0.